The second-order valence-electron chi connectivity index (χ2n) is 6.11. The van der Waals surface area contributed by atoms with Crippen molar-refractivity contribution in [2.45, 2.75) is 0 Å². The molecule has 7 nitrogen and oxygen atoms in total. The Kier molecular flexibility index (Phi) is 5.68. The zero-order valence-corrected chi connectivity index (χ0v) is 15.7. The Bertz CT molecular complexity index is 926. The maximum absolute atomic E-state index is 12.9. The number of thioether (sulfide) groups is 1. The van der Waals surface area contributed by atoms with Gasteiger partial charge in [0.1, 0.15) is 0 Å². The lowest BCUT2D eigenvalue weighted by Crippen LogP contribution is -2.37. The van der Waals surface area contributed by atoms with Gasteiger partial charge in [-0.3, -0.25) is 24.7 Å². The summed E-state index contributed by atoms with van der Waals surface area (Å²) in [5, 5.41) is 11.8. The minimum absolute atomic E-state index is 0.0361. The molecule has 1 heterocycles. The average molecular weight is 382 g/mol. The molecule has 0 aliphatic carbocycles. The van der Waals surface area contributed by atoms with Crippen LogP contribution in [-0.2, 0) is 4.79 Å². The topological polar surface area (TPSA) is 79.0 Å². The summed E-state index contributed by atoms with van der Waals surface area (Å²) in [5.74, 6) is -0.221. The highest BCUT2D eigenvalue weighted by Crippen LogP contribution is 2.35. The quantitative estimate of drug-likeness (QED) is 0.447. The average Bonchev–Trinajstić information content (AvgIpc) is 2.91. The van der Waals surface area contributed by atoms with E-state index in [1.54, 1.807) is 29.2 Å². The van der Waals surface area contributed by atoms with E-state index in [0.29, 0.717) is 22.3 Å². The van der Waals surface area contributed by atoms with Gasteiger partial charge in [-0.15, -0.1) is 0 Å². The van der Waals surface area contributed by atoms with Crippen LogP contribution in [0.25, 0.3) is 6.08 Å². The zero-order chi connectivity index (χ0) is 19.4. The number of hydrogen-bond donors (Lipinski definition) is 0. The van der Waals surface area contributed by atoms with E-state index < -0.39 is 4.92 Å². The van der Waals surface area contributed by atoms with Crippen LogP contribution in [0, 0.1) is 10.1 Å². The smallest absolute Gasteiger partial charge is 0.276 e. The van der Waals surface area contributed by atoms with Crippen molar-refractivity contribution in [3.05, 3.63) is 75.2 Å². The summed E-state index contributed by atoms with van der Waals surface area (Å²) in [7, 11) is 3.73. The Morgan fingerprint density at radius 2 is 1.81 bits per heavy atom. The lowest BCUT2D eigenvalue weighted by Gasteiger charge is -2.20. The number of rotatable bonds is 5. The minimum atomic E-state index is -0.451. The number of carbonyl (C=O) groups excluding carboxylic acids is 1. The molecule has 138 valence electrons. The Balaban J connectivity index is 2.00. The number of nitrogens with zero attached hydrogens (tertiary/aromatic N) is 4. The number of nitro groups is 1. The Hall–Kier alpha value is -2.97. The predicted molar refractivity (Wildman–Crippen MR) is 108 cm³/mol. The van der Waals surface area contributed by atoms with Gasteiger partial charge in [0, 0.05) is 6.07 Å². The molecule has 0 radical (unpaired) electrons. The van der Waals surface area contributed by atoms with Crippen LogP contribution in [0.1, 0.15) is 5.56 Å². The summed E-state index contributed by atoms with van der Waals surface area (Å²) >= 11 is 1.22. The van der Waals surface area contributed by atoms with Crippen molar-refractivity contribution in [1.82, 2.24) is 9.80 Å². The number of carbonyl (C=O) groups is 1. The molecule has 1 saturated heterocycles. The number of amides is 1. The number of hydrogen-bond acceptors (Lipinski definition) is 6. The Labute approximate surface area is 161 Å². The van der Waals surface area contributed by atoms with Crippen molar-refractivity contribution in [3.8, 4) is 0 Å². The molecule has 0 N–H and O–H groups in total. The molecule has 8 heteroatoms. The molecular weight excluding hydrogens is 364 g/mol. The van der Waals surface area contributed by atoms with Crippen molar-refractivity contribution in [2.24, 2.45) is 4.99 Å². The molecule has 1 aliphatic heterocycles. The molecule has 1 amide bonds. The maximum atomic E-state index is 12.9. The number of amidine groups is 1. The van der Waals surface area contributed by atoms with Crippen LogP contribution in [0.15, 0.2) is 64.5 Å². The minimum Gasteiger partial charge on any atom is -0.292 e. The van der Waals surface area contributed by atoms with Crippen molar-refractivity contribution in [2.75, 3.05) is 20.8 Å². The third-order valence-corrected chi connectivity index (χ3v) is 4.72. The fraction of sp³-hybridized carbons (Fsp3) is 0.158. The molecule has 3 rings (SSSR count). The molecule has 0 saturated carbocycles. The standard InChI is InChI=1S/C19H18N4O3S/c1-21(2)13-22-18(24)17(12-14-8-6-7-11-16(14)23(25)26)27-19(22)20-15-9-4-3-5-10-15/h3-12H,13H2,1-2H3/b17-12+,20-19?. The normalized spacial score (nSPS) is 17.3. The fourth-order valence-corrected chi connectivity index (χ4v) is 3.51. The predicted octanol–water partition coefficient (Wildman–Crippen LogP) is 3.72. The first kappa shape index (κ1) is 18.8. The van der Waals surface area contributed by atoms with E-state index in [9.17, 15) is 14.9 Å². The van der Waals surface area contributed by atoms with Gasteiger partial charge in [0.25, 0.3) is 11.6 Å². The van der Waals surface area contributed by atoms with Crippen molar-refractivity contribution < 1.29 is 9.72 Å². The largest absolute Gasteiger partial charge is 0.292 e. The molecule has 2 aromatic rings. The summed E-state index contributed by atoms with van der Waals surface area (Å²) in [5.41, 5.74) is 1.10. The Morgan fingerprint density at radius 3 is 2.48 bits per heavy atom. The lowest BCUT2D eigenvalue weighted by molar-refractivity contribution is -0.385. The van der Waals surface area contributed by atoms with Crippen LogP contribution >= 0.6 is 11.8 Å². The van der Waals surface area contributed by atoms with Crippen LogP contribution in [0.5, 0.6) is 0 Å². The maximum Gasteiger partial charge on any atom is 0.276 e. The van der Waals surface area contributed by atoms with Crippen LogP contribution < -0.4 is 0 Å². The van der Waals surface area contributed by atoms with E-state index in [0.717, 1.165) is 5.69 Å². The third-order valence-electron chi connectivity index (χ3n) is 3.71. The first-order chi connectivity index (χ1) is 13.0. The van der Waals surface area contributed by atoms with Gasteiger partial charge < -0.3 is 0 Å². The van der Waals surface area contributed by atoms with Gasteiger partial charge in [0.15, 0.2) is 5.17 Å². The van der Waals surface area contributed by atoms with Crippen molar-refractivity contribution in [3.63, 3.8) is 0 Å². The van der Waals surface area contributed by atoms with Crippen molar-refractivity contribution in [1.29, 1.82) is 0 Å². The highest BCUT2D eigenvalue weighted by molar-refractivity contribution is 8.18. The van der Waals surface area contributed by atoms with E-state index >= 15 is 0 Å². The van der Waals surface area contributed by atoms with E-state index in [1.165, 1.54) is 17.8 Å². The molecule has 0 bridgehead atoms. The monoisotopic (exact) mass is 382 g/mol. The van der Waals surface area contributed by atoms with Crippen molar-refractivity contribution >= 4 is 40.3 Å². The van der Waals surface area contributed by atoms with Crippen LogP contribution in [0.4, 0.5) is 11.4 Å². The second kappa shape index (κ2) is 8.15. The van der Waals surface area contributed by atoms with E-state index in [2.05, 4.69) is 4.99 Å². The van der Waals surface area contributed by atoms with Gasteiger partial charge in [-0.25, -0.2) is 4.99 Å². The van der Waals surface area contributed by atoms with Crippen LogP contribution in [-0.4, -0.2) is 46.6 Å². The first-order valence-electron chi connectivity index (χ1n) is 8.19. The zero-order valence-electron chi connectivity index (χ0n) is 14.9. The van der Waals surface area contributed by atoms with E-state index in [4.69, 9.17) is 0 Å². The highest BCUT2D eigenvalue weighted by atomic mass is 32.2. The van der Waals surface area contributed by atoms with Gasteiger partial charge in [-0.1, -0.05) is 30.3 Å². The third kappa shape index (κ3) is 4.42. The highest BCUT2D eigenvalue weighted by Gasteiger charge is 2.34. The van der Waals surface area contributed by atoms with Gasteiger partial charge in [0.05, 0.1) is 27.7 Å². The van der Waals surface area contributed by atoms with Crippen LogP contribution in [0.3, 0.4) is 0 Å². The summed E-state index contributed by atoms with van der Waals surface area (Å²) in [6.07, 6.45) is 1.56. The molecular formula is C19H18N4O3S. The number of nitro benzene ring substituents is 1. The number of aliphatic imine (C=N–C) groups is 1. The Morgan fingerprint density at radius 1 is 1.15 bits per heavy atom. The van der Waals surface area contributed by atoms with Gasteiger partial charge in [-0.2, -0.15) is 0 Å². The van der Waals surface area contributed by atoms with Gasteiger partial charge in [0.2, 0.25) is 0 Å². The van der Waals surface area contributed by atoms with Gasteiger partial charge in [-0.05, 0) is 50.1 Å². The summed E-state index contributed by atoms with van der Waals surface area (Å²) in [6, 6.07) is 15.7. The first-order valence-corrected chi connectivity index (χ1v) is 9.00. The summed E-state index contributed by atoms with van der Waals surface area (Å²) < 4.78 is 0. The van der Waals surface area contributed by atoms with Crippen LogP contribution in [0.2, 0.25) is 0 Å². The summed E-state index contributed by atoms with van der Waals surface area (Å²) in [6.45, 7) is 0.367. The molecule has 0 aromatic heterocycles. The molecule has 2 aromatic carbocycles. The number of benzene rings is 2. The summed E-state index contributed by atoms with van der Waals surface area (Å²) in [4.78, 5) is 32.1. The second-order valence-corrected chi connectivity index (χ2v) is 7.12. The molecule has 0 spiro atoms. The lowest BCUT2D eigenvalue weighted by atomic mass is 10.1. The van der Waals surface area contributed by atoms with Gasteiger partial charge >= 0.3 is 0 Å². The molecule has 27 heavy (non-hydrogen) atoms. The molecule has 0 atom stereocenters. The van der Waals surface area contributed by atoms with E-state index in [1.807, 2.05) is 49.3 Å². The molecule has 0 unspecified atom stereocenters. The fourth-order valence-electron chi connectivity index (χ4n) is 2.53. The number of para-hydroxylation sites is 2. The van der Waals surface area contributed by atoms with E-state index in [-0.39, 0.29) is 11.6 Å². The molecule has 1 aliphatic rings. The molecule has 1 fully saturated rings. The SMILES string of the molecule is CN(C)CN1C(=O)/C(=C\c2ccccc2[N+](=O)[O-])SC1=Nc1ccccc1.